The molecule has 0 saturated carbocycles. The van der Waals surface area contributed by atoms with Crippen LogP contribution in [0.25, 0.3) is 0 Å². The van der Waals surface area contributed by atoms with Gasteiger partial charge in [-0.15, -0.1) is 0 Å². The fourth-order valence-electron chi connectivity index (χ4n) is 3.06. The molecule has 0 fully saturated rings. The highest BCUT2D eigenvalue weighted by Crippen LogP contribution is 2.21. The van der Waals surface area contributed by atoms with E-state index in [1.54, 1.807) is 6.07 Å². The molecule has 0 unspecified atom stereocenters. The molecule has 0 aliphatic carbocycles. The third-order valence-corrected chi connectivity index (χ3v) is 5.13. The van der Waals surface area contributed by atoms with Gasteiger partial charge in [0.15, 0.2) is 0 Å². The molecule has 1 N–H and O–H groups in total. The highest BCUT2D eigenvalue weighted by Gasteiger charge is 2.23. The molecule has 1 aliphatic heterocycles. The first-order valence-corrected chi connectivity index (χ1v) is 9.91. The minimum Gasteiger partial charge on any atom is -0.386 e. The maximum atomic E-state index is 11.3. The fraction of sp³-hybridized carbons (Fsp3) is 0.600. The van der Waals surface area contributed by atoms with Crippen LogP contribution in [0.15, 0.2) is 12.3 Å². The average molecular weight is 353 g/mol. The zero-order chi connectivity index (χ0) is 17.5. The number of fused-ring (bicyclic) bond motifs is 1. The molecule has 0 amide bonds. The van der Waals surface area contributed by atoms with Crippen molar-refractivity contribution in [3.63, 3.8) is 0 Å². The lowest BCUT2D eigenvalue weighted by molar-refractivity contribution is 0.191. The maximum Gasteiger partial charge on any atom is 0.150 e. The van der Waals surface area contributed by atoms with Crippen molar-refractivity contribution in [1.82, 2.24) is 24.5 Å². The summed E-state index contributed by atoms with van der Waals surface area (Å²) in [4.78, 5) is 2.30. The second-order valence-electron chi connectivity index (χ2n) is 6.52. The summed E-state index contributed by atoms with van der Waals surface area (Å²) in [5.41, 5.74) is 3.64. The third-order valence-electron chi connectivity index (χ3n) is 4.21. The van der Waals surface area contributed by atoms with Crippen LogP contribution in [0.2, 0.25) is 0 Å². The number of rotatable bonds is 5. The van der Waals surface area contributed by atoms with Crippen LogP contribution in [-0.4, -0.2) is 56.5 Å². The molecule has 132 valence electrons. The Kier molecular flexibility index (Phi) is 4.50. The van der Waals surface area contributed by atoms with E-state index in [0.717, 1.165) is 37.3 Å². The van der Waals surface area contributed by atoms with Crippen LogP contribution in [0.5, 0.6) is 0 Å². The van der Waals surface area contributed by atoms with E-state index in [-0.39, 0.29) is 5.75 Å². The molecule has 0 saturated heterocycles. The summed E-state index contributed by atoms with van der Waals surface area (Å²) in [6.07, 6.45) is 2.07. The maximum absolute atomic E-state index is 11.3. The van der Waals surface area contributed by atoms with E-state index in [1.807, 2.05) is 29.5 Å². The standard InChI is InChI=1S/C15H23N5O3S/c1-11-12(7-18(2)16-11)8-19-4-5-20-13(9-19)6-14(17-20)15(21)10-24(3,22)23/h6-7,15,21H,4-5,8-10H2,1-3H3/t15-/m1/s1. The Labute approximate surface area is 141 Å². The van der Waals surface area contributed by atoms with Gasteiger partial charge in [0, 0.05) is 44.7 Å². The van der Waals surface area contributed by atoms with E-state index in [4.69, 9.17) is 0 Å². The number of aliphatic hydroxyl groups excluding tert-OH is 1. The summed E-state index contributed by atoms with van der Waals surface area (Å²) in [6, 6.07) is 1.80. The summed E-state index contributed by atoms with van der Waals surface area (Å²) < 4.78 is 26.3. The number of aliphatic hydroxyl groups is 1. The van der Waals surface area contributed by atoms with Gasteiger partial charge in [-0.25, -0.2) is 8.42 Å². The lowest BCUT2D eigenvalue weighted by Crippen LogP contribution is -2.33. The van der Waals surface area contributed by atoms with Crippen molar-refractivity contribution in [3.8, 4) is 0 Å². The van der Waals surface area contributed by atoms with Gasteiger partial charge in [0.05, 0.1) is 29.4 Å². The van der Waals surface area contributed by atoms with Crippen molar-refractivity contribution in [2.45, 2.75) is 32.7 Å². The van der Waals surface area contributed by atoms with Gasteiger partial charge in [0.1, 0.15) is 15.9 Å². The fourth-order valence-corrected chi connectivity index (χ4v) is 3.80. The van der Waals surface area contributed by atoms with Crippen molar-refractivity contribution < 1.29 is 13.5 Å². The van der Waals surface area contributed by atoms with E-state index < -0.39 is 15.9 Å². The highest BCUT2D eigenvalue weighted by molar-refractivity contribution is 7.90. The van der Waals surface area contributed by atoms with E-state index >= 15 is 0 Å². The highest BCUT2D eigenvalue weighted by atomic mass is 32.2. The summed E-state index contributed by atoms with van der Waals surface area (Å²) in [6.45, 7) is 5.10. The first-order valence-electron chi connectivity index (χ1n) is 7.85. The lowest BCUT2D eigenvalue weighted by atomic mass is 10.2. The minimum absolute atomic E-state index is 0.304. The van der Waals surface area contributed by atoms with Crippen molar-refractivity contribution in [2.75, 3.05) is 18.6 Å². The number of hydrogen-bond acceptors (Lipinski definition) is 6. The summed E-state index contributed by atoms with van der Waals surface area (Å²) >= 11 is 0. The molecule has 0 bridgehead atoms. The van der Waals surface area contributed by atoms with Gasteiger partial charge < -0.3 is 5.11 Å². The van der Waals surface area contributed by atoms with E-state index in [1.165, 1.54) is 5.56 Å². The minimum atomic E-state index is -3.25. The second-order valence-corrected chi connectivity index (χ2v) is 8.70. The summed E-state index contributed by atoms with van der Waals surface area (Å²) in [5, 5.41) is 18.8. The van der Waals surface area contributed by atoms with Gasteiger partial charge in [-0.3, -0.25) is 14.3 Å². The Morgan fingerprint density at radius 3 is 2.71 bits per heavy atom. The third kappa shape index (κ3) is 3.85. The van der Waals surface area contributed by atoms with E-state index in [0.29, 0.717) is 12.2 Å². The molecule has 8 nitrogen and oxygen atoms in total. The zero-order valence-corrected chi connectivity index (χ0v) is 15.0. The molecule has 24 heavy (non-hydrogen) atoms. The molecule has 3 heterocycles. The molecule has 3 rings (SSSR count). The van der Waals surface area contributed by atoms with Crippen LogP contribution in [0, 0.1) is 6.92 Å². The Bertz CT molecular complexity index is 839. The topological polar surface area (TPSA) is 93.2 Å². The molecule has 2 aromatic heterocycles. The Morgan fingerprint density at radius 1 is 1.33 bits per heavy atom. The molecule has 0 aromatic carbocycles. The van der Waals surface area contributed by atoms with E-state index in [9.17, 15) is 13.5 Å². The number of aryl methyl sites for hydroxylation is 2. The van der Waals surface area contributed by atoms with Crippen LogP contribution in [0.4, 0.5) is 0 Å². The number of nitrogens with zero attached hydrogens (tertiary/aromatic N) is 5. The molecule has 0 radical (unpaired) electrons. The van der Waals surface area contributed by atoms with Gasteiger partial charge in [0.2, 0.25) is 0 Å². The first kappa shape index (κ1) is 17.1. The Morgan fingerprint density at radius 2 is 2.08 bits per heavy atom. The number of hydrogen-bond donors (Lipinski definition) is 1. The van der Waals surface area contributed by atoms with Gasteiger partial charge in [-0.05, 0) is 13.0 Å². The van der Waals surface area contributed by atoms with Crippen LogP contribution >= 0.6 is 0 Å². The molecule has 1 aliphatic rings. The molecule has 9 heteroatoms. The van der Waals surface area contributed by atoms with Crippen molar-refractivity contribution in [1.29, 1.82) is 0 Å². The molecule has 2 aromatic rings. The molecular weight excluding hydrogens is 330 g/mol. The molecule has 1 atom stereocenters. The quantitative estimate of drug-likeness (QED) is 0.814. The van der Waals surface area contributed by atoms with Gasteiger partial charge in [-0.2, -0.15) is 10.2 Å². The van der Waals surface area contributed by atoms with Crippen molar-refractivity contribution in [3.05, 3.63) is 34.9 Å². The predicted molar refractivity (Wildman–Crippen MR) is 89.0 cm³/mol. The largest absolute Gasteiger partial charge is 0.386 e. The van der Waals surface area contributed by atoms with E-state index in [2.05, 4.69) is 15.1 Å². The SMILES string of the molecule is Cc1nn(C)cc1CN1CCn2nc([C@H](O)CS(C)(=O)=O)cc2C1. The van der Waals surface area contributed by atoms with Crippen LogP contribution < -0.4 is 0 Å². The monoisotopic (exact) mass is 353 g/mol. The lowest BCUT2D eigenvalue weighted by Gasteiger charge is -2.27. The summed E-state index contributed by atoms with van der Waals surface area (Å²) in [5.74, 6) is -0.304. The zero-order valence-electron chi connectivity index (χ0n) is 14.2. The van der Waals surface area contributed by atoms with Crippen molar-refractivity contribution in [2.24, 2.45) is 7.05 Å². The first-order chi connectivity index (χ1) is 11.2. The molecule has 0 spiro atoms. The Balaban J connectivity index is 1.71. The Hall–Kier alpha value is -1.71. The smallest absolute Gasteiger partial charge is 0.150 e. The van der Waals surface area contributed by atoms with Crippen LogP contribution in [0.3, 0.4) is 0 Å². The van der Waals surface area contributed by atoms with Crippen molar-refractivity contribution >= 4 is 9.84 Å². The normalized spacial score (nSPS) is 17.0. The number of sulfone groups is 1. The average Bonchev–Trinajstić information content (AvgIpc) is 3.00. The summed E-state index contributed by atoms with van der Waals surface area (Å²) in [7, 11) is -1.33. The van der Waals surface area contributed by atoms with Crippen LogP contribution in [0.1, 0.15) is 28.7 Å². The predicted octanol–water partition coefficient (Wildman–Crippen LogP) is 0.0188. The molecular formula is C15H23N5O3S. The second kappa shape index (κ2) is 6.30. The van der Waals surface area contributed by atoms with Crippen LogP contribution in [-0.2, 0) is 36.5 Å². The van der Waals surface area contributed by atoms with Gasteiger partial charge >= 0.3 is 0 Å². The number of aromatic nitrogens is 4. The van der Waals surface area contributed by atoms with Gasteiger partial charge in [-0.1, -0.05) is 0 Å². The van der Waals surface area contributed by atoms with Gasteiger partial charge in [0.25, 0.3) is 0 Å².